The van der Waals surface area contributed by atoms with Crippen molar-refractivity contribution in [2.45, 2.75) is 61.1 Å². The Balaban J connectivity index is 0.00000102. The number of pyridine rings is 3. The van der Waals surface area contributed by atoms with Gasteiger partial charge in [0, 0.05) is 54.4 Å². The molecule has 29 heteroatoms. The molecule has 7 N–H and O–H groups in total. The Morgan fingerprint density at radius 1 is 0.526 bits per heavy atom. The summed E-state index contributed by atoms with van der Waals surface area (Å²) in [7, 11) is 0. The molecule has 9 rings (SSSR count). The standard InChI is InChI=1S/2C16H14F3N3OS.C8H8F3NO.C7H6N2S.2ClH.K.2H2O.H2/c2*1-10-13(20-7-6-14(10)23-9-16(17,18)19)8-24-15-21-11-4-2-3-5-12(11)22-15;1-6-4-12-3-2-7(6)13-5-8(9,10)11;10-7-8-5-3-1-2-4-6(5)9-7;;;;;;/h2*2-7H,8-9H2,1H3,(H,21,22);2-4H,5H2,1H3;1-4H,(H2,8,9,10);2*1H;;2*1H2;1H/q;;;;;;+1;;;/p-1/i;;;;;;;;;1+1. The number of hydrogen-bond acceptors (Lipinski definition) is 12. The molecule has 0 unspecified atom stereocenters. The molecule has 0 atom stereocenters. The van der Waals surface area contributed by atoms with Crippen LogP contribution in [0.4, 0.5) is 39.5 Å². The molecular weight excluding hydrogens is 1150 g/mol. The van der Waals surface area contributed by atoms with Gasteiger partial charge in [0.1, 0.15) is 17.2 Å². The number of aromatic amines is 4. The first-order valence-corrected chi connectivity index (χ1v) is 23.3. The van der Waals surface area contributed by atoms with Gasteiger partial charge in [-0.3, -0.25) is 15.0 Å². The maximum Gasteiger partial charge on any atom is 1.00 e. The largest absolute Gasteiger partial charge is 1.00 e. The van der Waals surface area contributed by atoms with E-state index in [0.717, 1.165) is 43.4 Å². The Morgan fingerprint density at radius 3 is 1.25 bits per heavy atom. The number of para-hydroxylation sites is 6. The molecule has 0 saturated heterocycles. The summed E-state index contributed by atoms with van der Waals surface area (Å²) in [6, 6.07) is 27.5. The minimum Gasteiger partial charge on any atom is -0.870 e. The van der Waals surface area contributed by atoms with Gasteiger partial charge in [-0.1, -0.05) is 59.9 Å². The van der Waals surface area contributed by atoms with Crippen molar-refractivity contribution in [2.75, 3.05) is 19.8 Å². The Morgan fingerprint density at radius 2 is 0.882 bits per heavy atom. The number of H-pyrrole nitrogens is 4. The van der Waals surface area contributed by atoms with Crippen LogP contribution in [0.25, 0.3) is 33.1 Å². The van der Waals surface area contributed by atoms with E-state index in [0.29, 0.717) is 44.4 Å². The number of nitrogens with zero attached hydrogens (tertiary/aromatic N) is 5. The molecule has 0 spiro atoms. The number of ether oxygens (including phenoxy) is 3. The number of benzene rings is 3. The van der Waals surface area contributed by atoms with Crippen molar-refractivity contribution in [1.29, 1.82) is 0 Å². The van der Waals surface area contributed by atoms with Crippen molar-refractivity contribution in [3.63, 3.8) is 0 Å². The second-order valence-electron chi connectivity index (χ2n) is 14.9. The molecule has 0 saturated carbocycles. The third kappa shape index (κ3) is 22.7. The molecule has 6 heterocycles. The van der Waals surface area contributed by atoms with Gasteiger partial charge in [-0.15, -0.1) is 24.8 Å². The van der Waals surface area contributed by atoms with Crippen LogP contribution in [-0.2, 0) is 11.5 Å². The predicted octanol–water partition coefficient (Wildman–Crippen LogP) is 10.6. The number of hydrogen-bond donors (Lipinski definition) is 4. The minimum atomic E-state index is -4.36. The van der Waals surface area contributed by atoms with Crippen molar-refractivity contribution >= 4 is 93.7 Å². The van der Waals surface area contributed by atoms with Gasteiger partial charge in [0.05, 0.1) is 44.5 Å². The number of halogens is 11. The second kappa shape index (κ2) is 32.3. The van der Waals surface area contributed by atoms with Crippen molar-refractivity contribution in [3.05, 3.63) is 149 Å². The van der Waals surface area contributed by atoms with E-state index in [1.807, 2.05) is 72.8 Å². The van der Waals surface area contributed by atoms with Crippen LogP contribution in [0.3, 0.4) is 0 Å². The van der Waals surface area contributed by atoms with E-state index in [2.05, 4.69) is 49.6 Å². The number of nitrogens with one attached hydrogen (secondary N) is 4. The van der Waals surface area contributed by atoms with E-state index in [1.54, 1.807) is 20.8 Å². The van der Waals surface area contributed by atoms with Gasteiger partial charge in [0.25, 0.3) is 0 Å². The molecule has 0 aliphatic carbocycles. The quantitative estimate of drug-likeness (QED) is 0.0389. The van der Waals surface area contributed by atoms with Crippen molar-refractivity contribution in [2.24, 2.45) is 0 Å². The molecule has 0 fully saturated rings. The molecule has 0 aliphatic rings. The van der Waals surface area contributed by atoms with Crippen LogP contribution >= 0.6 is 60.6 Å². The first-order chi connectivity index (χ1) is 33.7. The van der Waals surface area contributed by atoms with E-state index in [4.69, 9.17) is 21.7 Å². The fourth-order valence-electron chi connectivity index (χ4n) is 6.07. The van der Waals surface area contributed by atoms with Gasteiger partial charge in [-0.25, -0.2) is 9.97 Å². The van der Waals surface area contributed by atoms with Crippen LogP contribution in [-0.4, -0.2) is 94.2 Å². The minimum absolute atomic E-state index is 0. The van der Waals surface area contributed by atoms with Crippen molar-refractivity contribution in [3.8, 4) is 17.2 Å². The maximum absolute atomic E-state index is 12.3. The summed E-state index contributed by atoms with van der Waals surface area (Å²) in [6.45, 7) is 1.15. The number of alkyl halides is 9. The molecule has 0 amide bonds. The average molecular weight is 1200 g/mol. The van der Waals surface area contributed by atoms with Gasteiger partial charge >= 0.3 is 69.9 Å². The normalized spacial score (nSPS) is 10.8. The van der Waals surface area contributed by atoms with Gasteiger partial charge in [0.2, 0.25) is 0 Å². The third-order valence-corrected chi connectivity index (χ3v) is 11.5. The smallest absolute Gasteiger partial charge is 0.870 e. The molecular formula is C47H49Cl2F9KN9O5S3. The number of aryl methyl sites for hydroxylation is 1. The average Bonchev–Trinajstić information content (AvgIpc) is 4.05. The number of thioether (sulfide) groups is 2. The van der Waals surface area contributed by atoms with Crippen LogP contribution in [0.2, 0.25) is 0 Å². The van der Waals surface area contributed by atoms with Gasteiger partial charge in [-0.2, -0.15) is 39.5 Å². The Bertz CT molecular complexity index is 2990. The number of imidazole rings is 3. The zero-order valence-electron chi connectivity index (χ0n) is 40.4. The zero-order chi connectivity index (χ0) is 51.2. The maximum atomic E-state index is 12.3. The summed E-state index contributed by atoms with van der Waals surface area (Å²) in [6.07, 6.45) is -7.28. The molecule has 0 bridgehead atoms. The van der Waals surface area contributed by atoms with E-state index >= 15 is 0 Å². The van der Waals surface area contributed by atoms with Crippen LogP contribution in [0.1, 0.15) is 29.5 Å². The summed E-state index contributed by atoms with van der Waals surface area (Å²) in [5.41, 5.74) is 8.86. The zero-order valence-corrected chi connectivity index (χ0v) is 47.6. The van der Waals surface area contributed by atoms with Crippen LogP contribution in [0, 0.1) is 25.5 Å². The molecule has 76 heavy (non-hydrogen) atoms. The topological polar surface area (TPSA) is 217 Å². The third-order valence-electron chi connectivity index (χ3n) is 9.51. The van der Waals surface area contributed by atoms with Crippen LogP contribution < -0.4 is 65.6 Å². The summed E-state index contributed by atoms with van der Waals surface area (Å²) < 4.78 is 124. The molecule has 6 aromatic heterocycles. The van der Waals surface area contributed by atoms with Gasteiger partial charge in [-0.05, 0) is 87.6 Å². The molecule has 3 aromatic carbocycles. The van der Waals surface area contributed by atoms with E-state index in [1.165, 1.54) is 66.5 Å². The molecule has 14 nitrogen and oxygen atoms in total. The fourth-order valence-corrected chi connectivity index (χ4v) is 8.11. The van der Waals surface area contributed by atoms with Crippen molar-refractivity contribution in [1.82, 2.24) is 44.9 Å². The Kier molecular flexibility index (Phi) is 29.5. The molecule has 9 aromatic rings. The summed E-state index contributed by atoms with van der Waals surface area (Å²) >= 11 is 7.78. The van der Waals surface area contributed by atoms with E-state index < -0.39 is 38.3 Å². The number of rotatable bonds is 12. The van der Waals surface area contributed by atoms with E-state index in [-0.39, 0.29) is 106 Å². The monoisotopic (exact) mass is 1200 g/mol. The molecule has 0 aliphatic heterocycles. The summed E-state index contributed by atoms with van der Waals surface area (Å²) in [4.78, 5) is 33.5. The molecule has 0 radical (unpaired) electrons. The number of aromatic nitrogens is 9. The van der Waals surface area contributed by atoms with Crippen LogP contribution in [0.5, 0.6) is 17.2 Å². The molecule has 408 valence electrons. The van der Waals surface area contributed by atoms with Crippen LogP contribution in [0.15, 0.2) is 126 Å². The van der Waals surface area contributed by atoms with Crippen molar-refractivity contribution < 1.29 is 117 Å². The Labute approximate surface area is 498 Å². The predicted molar refractivity (Wildman–Crippen MR) is 279 cm³/mol. The van der Waals surface area contributed by atoms with Gasteiger partial charge < -0.3 is 45.1 Å². The first kappa shape index (κ1) is 69.4. The SMILES string of the molecule is Cc1c(OCC(F)(F)F)ccnc1CSc1nc2ccccc2[nH]1.Cc1c(OCC(F)(F)F)ccnc1CSc1nc2ccccc2[nH]1.Cc1cnccc1OCC(F)(F)F.Cl.Cl.O.S=c1[nH]c2ccccc2[nH]1.[2HH].[K+].[OH-]. The van der Waals surface area contributed by atoms with Gasteiger partial charge in [0.15, 0.2) is 34.9 Å². The van der Waals surface area contributed by atoms with E-state index in [9.17, 15) is 39.5 Å². The Hall–Kier alpha value is -4.65. The fraction of sp³-hybridized carbons (Fsp3) is 0.234. The second-order valence-corrected chi connectivity index (χ2v) is 17.3. The number of fused-ring (bicyclic) bond motifs is 3. The summed E-state index contributed by atoms with van der Waals surface area (Å²) in [5, 5.41) is 1.47. The first-order valence-electron chi connectivity index (χ1n) is 20.9. The summed E-state index contributed by atoms with van der Waals surface area (Å²) in [5.74, 6) is 1.57.